The van der Waals surface area contributed by atoms with Gasteiger partial charge in [-0.1, -0.05) is 12.1 Å². The fraction of sp³-hybridized carbons (Fsp3) is 0.556. The van der Waals surface area contributed by atoms with Crippen molar-refractivity contribution in [1.82, 2.24) is 0 Å². The number of hydrogen-bond acceptors (Lipinski definition) is 4. The van der Waals surface area contributed by atoms with Crippen LogP contribution in [0.25, 0.3) is 0 Å². The third-order valence-electron chi connectivity index (χ3n) is 4.04. The quantitative estimate of drug-likeness (QED) is 0.914. The van der Waals surface area contributed by atoms with E-state index in [1.807, 2.05) is 45.0 Å². The van der Waals surface area contributed by atoms with Gasteiger partial charge in [-0.15, -0.1) is 0 Å². The first-order valence-electron chi connectivity index (χ1n) is 7.91. The monoisotopic (exact) mass is 319 g/mol. The summed E-state index contributed by atoms with van der Waals surface area (Å²) in [5, 5.41) is 2.74. The lowest BCUT2D eigenvalue weighted by Gasteiger charge is -2.36. The van der Waals surface area contributed by atoms with Crippen molar-refractivity contribution in [1.29, 1.82) is 0 Å². The highest BCUT2D eigenvalue weighted by molar-refractivity contribution is 5.85. The van der Waals surface area contributed by atoms with Gasteiger partial charge in [0.2, 0.25) is 0 Å². The molecule has 0 heterocycles. The number of ketones is 1. The molecule has 1 aromatic carbocycles. The molecule has 0 aliphatic heterocycles. The van der Waals surface area contributed by atoms with Gasteiger partial charge in [0, 0.05) is 25.6 Å². The van der Waals surface area contributed by atoms with Gasteiger partial charge in [-0.25, -0.2) is 4.79 Å². The van der Waals surface area contributed by atoms with Crippen LogP contribution in [0, 0.1) is 0 Å². The number of anilines is 1. The van der Waals surface area contributed by atoms with Gasteiger partial charge in [-0.2, -0.15) is 0 Å². The van der Waals surface area contributed by atoms with Crippen molar-refractivity contribution in [2.45, 2.75) is 57.7 Å². The molecule has 1 aliphatic rings. The van der Waals surface area contributed by atoms with Crippen molar-refractivity contribution >= 4 is 17.6 Å². The molecule has 5 heteroatoms. The number of methoxy groups -OCH3 is 1. The molecule has 1 aliphatic carbocycles. The number of Topliss-reactive ketones (excluding diaryl/α,β-unsaturated/α-hetero) is 1. The Morgan fingerprint density at radius 2 is 1.87 bits per heavy atom. The van der Waals surface area contributed by atoms with Crippen molar-refractivity contribution < 1.29 is 19.1 Å². The predicted molar refractivity (Wildman–Crippen MR) is 88.5 cm³/mol. The average molecular weight is 319 g/mol. The van der Waals surface area contributed by atoms with Gasteiger partial charge in [0.25, 0.3) is 0 Å². The summed E-state index contributed by atoms with van der Waals surface area (Å²) in [5.74, 6) is 0.278. The van der Waals surface area contributed by atoms with Gasteiger partial charge in [-0.3, -0.25) is 10.1 Å². The summed E-state index contributed by atoms with van der Waals surface area (Å²) in [6.07, 6.45) is 1.89. The van der Waals surface area contributed by atoms with Gasteiger partial charge in [0.15, 0.2) is 0 Å². The maximum atomic E-state index is 11.9. The van der Waals surface area contributed by atoms with Crippen molar-refractivity contribution in [2.24, 2.45) is 0 Å². The SMILES string of the molecule is COC1(c2cccc(NC(=O)OC(C)(C)C)c2)CCC(=O)CC1. The minimum absolute atomic E-state index is 0.278. The van der Waals surface area contributed by atoms with Crippen molar-refractivity contribution in [2.75, 3.05) is 12.4 Å². The topological polar surface area (TPSA) is 64.6 Å². The molecule has 126 valence electrons. The molecule has 23 heavy (non-hydrogen) atoms. The lowest BCUT2D eigenvalue weighted by atomic mass is 9.79. The standard InChI is InChI=1S/C18H25NO4/c1-17(2,3)23-16(21)19-14-7-5-6-13(12-14)18(22-4)10-8-15(20)9-11-18/h5-7,12H,8-11H2,1-4H3,(H,19,21). The molecular weight excluding hydrogens is 294 g/mol. The van der Waals surface area contributed by atoms with Gasteiger partial charge < -0.3 is 9.47 Å². The second kappa shape index (κ2) is 6.71. The summed E-state index contributed by atoms with van der Waals surface area (Å²) in [6.45, 7) is 5.46. The van der Waals surface area contributed by atoms with Crippen LogP contribution in [0.3, 0.4) is 0 Å². The molecule has 1 saturated carbocycles. The molecule has 0 unspecified atom stereocenters. The fourth-order valence-electron chi connectivity index (χ4n) is 2.85. The van der Waals surface area contributed by atoms with E-state index >= 15 is 0 Å². The van der Waals surface area contributed by atoms with E-state index in [4.69, 9.17) is 9.47 Å². The van der Waals surface area contributed by atoms with E-state index < -0.39 is 17.3 Å². The zero-order valence-corrected chi connectivity index (χ0v) is 14.3. The van der Waals surface area contributed by atoms with E-state index in [1.54, 1.807) is 7.11 Å². The largest absolute Gasteiger partial charge is 0.444 e. The Labute approximate surface area is 137 Å². The minimum Gasteiger partial charge on any atom is -0.444 e. The van der Waals surface area contributed by atoms with Crippen molar-refractivity contribution in [3.63, 3.8) is 0 Å². The number of rotatable bonds is 3. The molecule has 0 radical (unpaired) electrons. The summed E-state index contributed by atoms with van der Waals surface area (Å²) in [4.78, 5) is 23.4. The maximum Gasteiger partial charge on any atom is 0.412 e. The first-order valence-corrected chi connectivity index (χ1v) is 7.91. The van der Waals surface area contributed by atoms with E-state index in [2.05, 4.69) is 5.32 Å². The second-order valence-electron chi connectivity index (χ2n) is 6.94. The van der Waals surface area contributed by atoms with Crippen molar-refractivity contribution in [3.05, 3.63) is 29.8 Å². The zero-order chi connectivity index (χ0) is 17.1. The van der Waals surface area contributed by atoms with Gasteiger partial charge in [0.1, 0.15) is 11.4 Å². The van der Waals surface area contributed by atoms with E-state index in [0.717, 1.165) is 5.56 Å². The van der Waals surface area contributed by atoms with E-state index in [-0.39, 0.29) is 5.78 Å². The smallest absolute Gasteiger partial charge is 0.412 e. The first-order chi connectivity index (χ1) is 10.7. The Kier molecular flexibility index (Phi) is 5.09. The fourth-order valence-corrected chi connectivity index (χ4v) is 2.85. The molecule has 1 N–H and O–H groups in total. The molecular formula is C18H25NO4. The van der Waals surface area contributed by atoms with Gasteiger partial charge in [-0.05, 0) is 51.3 Å². The Morgan fingerprint density at radius 1 is 1.22 bits per heavy atom. The summed E-state index contributed by atoms with van der Waals surface area (Å²) >= 11 is 0. The number of amides is 1. The average Bonchev–Trinajstić information content (AvgIpc) is 2.46. The third kappa shape index (κ3) is 4.55. The molecule has 0 bridgehead atoms. The number of benzene rings is 1. The van der Waals surface area contributed by atoms with Crippen LogP contribution < -0.4 is 5.32 Å². The Hall–Kier alpha value is -1.88. The Balaban J connectivity index is 2.15. The number of nitrogens with one attached hydrogen (secondary N) is 1. The second-order valence-corrected chi connectivity index (χ2v) is 6.94. The number of hydrogen-bond donors (Lipinski definition) is 1. The summed E-state index contributed by atoms with van der Waals surface area (Å²) < 4.78 is 11.0. The van der Waals surface area contributed by atoms with Crippen LogP contribution in [-0.2, 0) is 19.9 Å². The summed E-state index contributed by atoms with van der Waals surface area (Å²) in [5.41, 5.74) is 0.629. The molecule has 2 rings (SSSR count). The first kappa shape index (κ1) is 17.5. The summed E-state index contributed by atoms with van der Waals surface area (Å²) in [7, 11) is 1.67. The Bertz CT molecular complexity index is 579. The highest BCUT2D eigenvalue weighted by Gasteiger charge is 2.36. The number of carbonyl (C=O) groups is 2. The van der Waals surface area contributed by atoms with Crippen LogP contribution in [-0.4, -0.2) is 24.6 Å². The number of carbonyl (C=O) groups excluding carboxylic acids is 2. The van der Waals surface area contributed by atoms with Crippen LogP contribution >= 0.6 is 0 Å². The summed E-state index contributed by atoms with van der Waals surface area (Å²) in [6, 6.07) is 7.55. The zero-order valence-electron chi connectivity index (χ0n) is 14.3. The van der Waals surface area contributed by atoms with E-state index in [0.29, 0.717) is 31.4 Å². The van der Waals surface area contributed by atoms with Gasteiger partial charge in [0.05, 0.1) is 5.60 Å². The van der Waals surface area contributed by atoms with Gasteiger partial charge >= 0.3 is 6.09 Å². The van der Waals surface area contributed by atoms with E-state index in [1.165, 1.54) is 0 Å². The molecule has 0 spiro atoms. The van der Waals surface area contributed by atoms with Crippen LogP contribution in [0.4, 0.5) is 10.5 Å². The molecule has 0 saturated heterocycles. The van der Waals surface area contributed by atoms with Crippen LogP contribution in [0.5, 0.6) is 0 Å². The molecule has 5 nitrogen and oxygen atoms in total. The molecule has 1 aromatic rings. The Morgan fingerprint density at radius 3 is 2.43 bits per heavy atom. The van der Waals surface area contributed by atoms with E-state index in [9.17, 15) is 9.59 Å². The normalized spacial score (nSPS) is 17.7. The van der Waals surface area contributed by atoms with Crippen LogP contribution in [0.15, 0.2) is 24.3 Å². The lowest BCUT2D eigenvalue weighted by molar-refractivity contribution is -0.127. The maximum absolute atomic E-state index is 11.9. The lowest BCUT2D eigenvalue weighted by Crippen LogP contribution is -2.34. The molecule has 0 aromatic heterocycles. The molecule has 1 fully saturated rings. The van der Waals surface area contributed by atoms with Crippen LogP contribution in [0.2, 0.25) is 0 Å². The highest BCUT2D eigenvalue weighted by atomic mass is 16.6. The third-order valence-corrected chi connectivity index (χ3v) is 4.04. The minimum atomic E-state index is -0.542. The number of ether oxygens (including phenoxy) is 2. The molecule has 1 amide bonds. The van der Waals surface area contributed by atoms with Crippen molar-refractivity contribution in [3.8, 4) is 0 Å². The molecule has 0 atom stereocenters. The predicted octanol–water partition coefficient (Wildman–Crippen LogP) is 4.02. The van der Waals surface area contributed by atoms with Crippen LogP contribution in [0.1, 0.15) is 52.0 Å². The highest BCUT2D eigenvalue weighted by Crippen LogP contribution is 2.39.